The Bertz CT molecular complexity index is 469. The summed E-state index contributed by atoms with van der Waals surface area (Å²) in [6.07, 6.45) is 9.17. The van der Waals surface area contributed by atoms with Crippen molar-refractivity contribution in [3.8, 4) is 0 Å². The first-order valence-corrected chi connectivity index (χ1v) is 6.25. The third-order valence-electron chi connectivity index (χ3n) is 3.23. The van der Waals surface area contributed by atoms with Crippen LogP contribution in [0.25, 0.3) is 0 Å². The second-order valence-electron chi connectivity index (χ2n) is 4.71. The molecular weight excluding hydrogens is 228 g/mol. The molecule has 18 heavy (non-hydrogen) atoms. The average molecular weight is 246 g/mol. The topological polar surface area (TPSA) is 62.2 Å². The smallest absolute Gasteiger partial charge is 0.339 e. The third-order valence-corrected chi connectivity index (χ3v) is 3.23. The fourth-order valence-corrected chi connectivity index (χ4v) is 2.17. The SMILES string of the molecule is Cc1cc(NCC2CC=CCC2)c(C(=O)O)cn1. The first-order chi connectivity index (χ1) is 8.66. The molecule has 0 spiro atoms. The lowest BCUT2D eigenvalue weighted by atomic mass is 9.94. The van der Waals surface area contributed by atoms with Crippen molar-refractivity contribution in [1.82, 2.24) is 4.98 Å². The number of carboxylic acid groups (broad SMARTS) is 1. The molecule has 96 valence electrons. The number of pyridine rings is 1. The zero-order valence-corrected chi connectivity index (χ0v) is 10.5. The second-order valence-corrected chi connectivity index (χ2v) is 4.71. The molecule has 1 aliphatic rings. The van der Waals surface area contributed by atoms with Crippen molar-refractivity contribution in [3.05, 3.63) is 35.7 Å². The number of hydrogen-bond donors (Lipinski definition) is 2. The molecule has 2 N–H and O–H groups in total. The molecule has 4 heteroatoms. The number of hydrogen-bond acceptors (Lipinski definition) is 3. The van der Waals surface area contributed by atoms with E-state index in [-0.39, 0.29) is 5.56 Å². The van der Waals surface area contributed by atoms with Crippen LogP contribution in [0, 0.1) is 12.8 Å². The van der Waals surface area contributed by atoms with Crippen LogP contribution in [0.2, 0.25) is 0 Å². The molecule has 1 atom stereocenters. The minimum atomic E-state index is -0.937. The highest BCUT2D eigenvalue weighted by Crippen LogP contribution is 2.21. The van der Waals surface area contributed by atoms with Gasteiger partial charge < -0.3 is 10.4 Å². The molecule has 0 amide bonds. The van der Waals surface area contributed by atoms with Crippen LogP contribution < -0.4 is 5.32 Å². The number of nitrogens with one attached hydrogen (secondary N) is 1. The van der Waals surface area contributed by atoms with Crippen molar-refractivity contribution < 1.29 is 9.90 Å². The molecule has 0 aliphatic heterocycles. The molecular formula is C14H18N2O2. The van der Waals surface area contributed by atoms with E-state index in [1.54, 1.807) is 6.07 Å². The predicted molar refractivity (Wildman–Crippen MR) is 70.9 cm³/mol. The summed E-state index contributed by atoms with van der Waals surface area (Å²) in [5.41, 5.74) is 1.74. The number of allylic oxidation sites excluding steroid dienone is 2. The monoisotopic (exact) mass is 246 g/mol. The summed E-state index contributed by atoms with van der Waals surface area (Å²) in [4.78, 5) is 15.1. The van der Waals surface area contributed by atoms with Gasteiger partial charge in [0.05, 0.1) is 5.69 Å². The molecule has 0 saturated heterocycles. The van der Waals surface area contributed by atoms with Gasteiger partial charge in [0.1, 0.15) is 5.56 Å². The van der Waals surface area contributed by atoms with Crippen LogP contribution in [0.1, 0.15) is 35.3 Å². The van der Waals surface area contributed by atoms with Crippen LogP contribution in [0.3, 0.4) is 0 Å². The van der Waals surface area contributed by atoms with E-state index < -0.39 is 5.97 Å². The summed E-state index contributed by atoms with van der Waals surface area (Å²) in [6, 6.07) is 1.79. The number of nitrogens with zero attached hydrogens (tertiary/aromatic N) is 1. The first-order valence-electron chi connectivity index (χ1n) is 6.25. The highest BCUT2D eigenvalue weighted by atomic mass is 16.4. The molecule has 1 heterocycles. The maximum Gasteiger partial charge on any atom is 0.339 e. The molecule has 0 saturated carbocycles. The Hall–Kier alpha value is -1.84. The van der Waals surface area contributed by atoms with Gasteiger partial charge in [-0.2, -0.15) is 0 Å². The highest BCUT2D eigenvalue weighted by Gasteiger charge is 2.13. The van der Waals surface area contributed by atoms with Crippen molar-refractivity contribution in [2.24, 2.45) is 5.92 Å². The summed E-state index contributed by atoms with van der Waals surface area (Å²) in [5, 5.41) is 12.4. The Morgan fingerprint density at radius 2 is 2.39 bits per heavy atom. The minimum Gasteiger partial charge on any atom is -0.478 e. The van der Waals surface area contributed by atoms with Crippen LogP contribution in [0.15, 0.2) is 24.4 Å². The lowest BCUT2D eigenvalue weighted by Gasteiger charge is -2.19. The number of carbonyl (C=O) groups is 1. The van der Waals surface area contributed by atoms with Crippen molar-refractivity contribution in [2.75, 3.05) is 11.9 Å². The normalized spacial score (nSPS) is 18.6. The Kier molecular flexibility index (Phi) is 3.97. The van der Waals surface area contributed by atoms with Gasteiger partial charge in [-0.25, -0.2) is 4.79 Å². The van der Waals surface area contributed by atoms with E-state index in [1.807, 2.05) is 6.92 Å². The van der Waals surface area contributed by atoms with Gasteiger partial charge >= 0.3 is 5.97 Å². The fraction of sp³-hybridized carbons (Fsp3) is 0.429. The van der Waals surface area contributed by atoms with Crippen LogP contribution in [0.5, 0.6) is 0 Å². The van der Waals surface area contributed by atoms with Crippen molar-refractivity contribution in [3.63, 3.8) is 0 Å². The number of anilines is 1. The first kappa shape index (κ1) is 12.6. The van der Waals surface area contributed by atoms with Gasteiger partial charge in [-0.1, -0.05) is 12.2 Å². The zero-order valence-electron chi connectivity index (χ0n) is 10.5. The maximum atomic E-state index is 11.1. The number of carboxylic acids is 1. The Balaban J connectivity index is 2.05. The average Bonchev–Trinajstić information content (AvgIpc) is 2.37. The molecule has 1 aromatic heterocycles. The lowest BCUT2D eigenvalue weighted by molar-refractivity contribution is 0.0697. The minimum absolute atomic E-state index is 0.243. The molecule has 0 fully saturated rings. The van der Waals surface area contributed by atoms with E-state index in [2.05, 4.69) is 22.5 Å². The van der Waals surface area contributed by atoms with E-state index in [9.17, 15) is 4.79 Å². The van der Waals surface area contributed by atoms with E-state index >= 15 is 0 Å². The number of aromatic carboxylic acids is 1. The van der Waals surface area contributed by atoms with Crippen molar-refractivity contribution >= 4 is 11.7 Å². The van der Waals surface area contributed by atoms with Crippen LogP contribution in [0.4, 0.5) is 5.69 Å². The van der Waals surface area contributed by atoms with E-state index in [0.29, 0.717) is 11.6 Å². The van der Waals surface area contributed by atoms with Crippen LogP contribution in [-0.4, -0.2) is 22.6 Å². The summed E-state index contributed by atoms with van der Waals surface area (Å²) < 4.78 is 0. The molecule has 0 aromatic carbocycles. The largest absolute Gasteiger partial charge is 0.478 e. The van der Waals surface area contributed by atoms with Gasteiger partial charge in [0.2, 0.25) is 0 Å². The van der Waals surface area contributed by atoms with Gasteiger partial charge in [-0.15, -0.1) is 0 Å². The summed E-state index contributed by atoms with van der Waals surface area (Å²) in [5.74, 6) is -0.348. The van der Waals surface area contributed by atoms with E-state index in [4.69, 9.17) is 5.11 Å². The Morgan fingerprint density at radius 3 is 3.06 bits per heavy atom. The molecule has 1 unspecified atom stereocenters. The van der Waals surface area contributed by atoms with E-state index in [0.717, 1.165) is 31.5 Å². The number of aromatic nitrogens is 1. The third kappa shape index (κ3) is 3.09. The molecule has 0 bridgehead atoms. The molecule has 4 nitrogen and oxygen atoms in total. The highest BCUT2D eigenvalue weighted by molar-refractivity contribution is 5.93. The fourth-order valence-electron chi connectivity index (χ4n) is 2.17. The van der Waals surface area contributed by atoms with E-state index in [1.165, 1.54) is 6.20 Å². The predicted octanol–water partition coefficient (Wildman–Crippen LogP) is 2.86. The second kappa shape index (κ2) is 5.67. The quantitative estimate of drug-likeness (QED) is 0.802. The molecule has 1 aliphatic carbocycles. The van der Waals surface area contributed by atoms with Gasteiger partial charge in [0.15, 0.2) is 0 Å². The van der Waals surface area contributed by atoms with Crippen molar-refractivity contribution in [1.29, 1.82) is 0 Å². The summed E-state index contributed by atoms with van der Waals surface area (Å²) >= 11 is 0. The van der Waals surface area contributed by atoms with Gasteiger partial charge in [0.25, 0.3) is 0 Å². The number of aryl methyl sites for hydroxylation is 1. The zero-order chi connectivity index (χ0) is 13.0. The van der Waals surface area contributed by atoms with Crippen LogP contribution in [-0.2, 0) is 0 Å². The molecule has 2 rings (SSSR count). The van der Waals surface area contributed by atoms with Gasteiger partial charge in [-0.3, -0.25) is 4.98 Å². The molecule has 0 radical (unpaired) electrons. The van der Waals surface area contributed by atoms with Crippen molar-refractivity contribution in [2.45, 2.75) is 26.2 Å². The lowest BCUT2D eigenvalue weighted by Crippen LogP contribution is -2.17. The Morgan fingerprint density at radius 1 is 1.56 bits per heavy atom. The van der Waals surface area contributed by atoms with Gasteiger partial charge in [0, 0.05) is 18.4 Å². The maximum absolute atomic E-state index is 11.1. The summed E-state index contributed by atoms with van der Waals surface area (Å²) in [6.45, 7) is 2.67. The van der Waals surface area contributed by atoms with Crippen LogP contribution >= 0.6 is 0 Å². The summed E-state index contributed by atoms with van der Waals surface area (Å²) in [7, 11) is 0. The Labute approximate surface area is 107 Å². The standard InChI is InChI=1S/C14H18N2O2/c1-10-7-13(12(9-15-10)14(17)18)16-8-11-5-3-2-4-6-11/h2-3,7,9,11H,4-6,8H2,1H3,(H,15,16)(H,17,18). The van der Waals surface area contributed by atoms with Gasteiger partial charge in [-0.05, 0) is 38.2 Å². The molecule has 1 aromatic rings. The number of rotatable bonds is 4.